The van der Waals surface area contributed by atoms with Gasteiger partial charge in [0.1, 0.15) is 0 Å². The third kappa shape index (κ3) is 3.06. The average Bonchev–Trinajstić information content (AvgIpc) is 2.62. The third-order valence-electron chi connectivity index (χ3n) is 2.25. The molecule has 0 fully saturated rings. The molecule has 0 spiro atoms. The van der Waals surface area contributed by atoms with Gasteiger partial charge < -0.3 is 5.73 Å². The molecule has 2 N–H and O–H groups in total. The van der Waals surface area contributed by atoms with Crippen molar-refractivity contribution in [3.05, 3.63) is 44.0 Å². The highest BCUT2D eigenvalue weighted by atomic mass is 79.9. The number of halogens is 2. The summed E-state index contributed by atoms with van der Waals surface area (Å²) in [5.74, 6) is -0.0626. The molecule has 0 aliphatic carbocycles. The van der Waals surface area contributed by atoms with Crippen molar-refractivity contribution < 1.29 is 8.42 Å². The van der Waals surface area contributed by atoms with Crippen LogP contribution in [0.15, 0.2) is 39.0 Å². The molecule has 0 aliphatic rings. The van der Waals surface area contributed by atoms with Gasteiger partial charge in [-0.15, -0.1) is 11.3 Å². The van der Waals surface area contributed by atoms with E-state index in [9.17, 15) is 8.42 Å². The van der Waals surface area contributed by atoms with E-state index in [4.69, 9.17) is 17.3 Å². The smallest absolute Gasteiger partial charge is 0.184 e. The fourth-order valence-corrected chi connectivity index (χ4v) is 5.24. The molecule has 2 aromatic rings. The molecule has 0 saturated carbocycles. The second-order valence-electron chi connectivity index (χ2n) is 3.65. The maximum atomic E-state index is 12.2. The standard InChI is InChI=1S/C11H9BrClNO2S2/c12-11-4-2-8(17-11)6-18(15,16)10-3-1-7(14)5-9(10)13/h1-5H,6,14H2. The second kappa shape index (κ2) is 5.21. The van der Waals surface area contributed by atoms with Gasteiger partial charge in [-0.3, -0.25) is 0 Å². The number of nitrogens with two attached hydrogens (primary N) is 1. The Morgan fingerprint density at radius 3 is 2.56 bits per heavy atom. The van der Waals surface area contributed by atoms with Crippen molar-refractivity contribution in [2.24, 2.45) is 0 Å². The van der Waals surface area contributed by atoms with Gasteiger partial charge in [-0.1, -0.05) is 11.6 Å². The first-order valence-corrected chi connectivity index (χ1v) is 8.54. The lowest BCUT2D eigenvalue weighted by atomic mass is 10.3. The van der Waals surface area contributed by atoms with E-state index in [1.807, 2.05) is 6.07 Å². The summed E-state index contributed by atoms with van der Waals surface area (Å²) in [6.07, 6.45) is 0. The molecule has 3 nitrogen and oxygen atoms in total. The molecule has 0 unspecified atom stereocenters. The summed E-state index contributed by atoms with van der Waals surface area (Å²) < 4.78 is 25.3. The molecule has 7 heteroatoms. The third-order valence-corrected chi connectivity index (χ3v) is 6.20. The molecular weight excluding hydrogens is 358 g/mol. The summed E-state index contributed by atoms with van der Waals surface area (Å²) in [6.45, 7) is 0. The van der Waals surface area contributed by atoms with Crippen LogP contribution in [-0.2, 0) is 15.6 Å². The molecule has 2 rings (SSSR count). The summed E-state index contributed by atoms with van der Waals surface area (Å²) in [4.78, 5) is 0.873. The van der Waals surface area contributed by atoms with Crippen LogP contribution in [0.4, 0.5) is 5.69 Å². The van der Waals surface area contributed by atoms with Crippen LogP contribution >= 0.6 is 38.9 Å². The van der Waals surface area contributed by atoms with Crippen LogP contribution in [0.5, 0.6) is 0 Å². The van der Waals surface area contributed by atoms with Crippen molar-refractivity contribution in [1.82, 2.24) is 0 Å². The number of hydrogen-bond acceptors (Lipinski definition) is 4. The minimum atomic E-state index is -3.45. The number of anilines is 1. The predicted molar refractivity (Wildman–Crippen MR) is 78.8 cm³/mol. The van der Waals surface area contributed by atoms with Crippen LogP contribution in [0, 0.1) is 0 Å². The number of thiophene rings is 1. The van der Waals surface area contributed by atoms with Crippen molar-refractivity contribution in [3.8, 4) is 0 Å². The summed E-state index contributed by atoms with van der Waals surface area (Å²) in [7, 11) is -3.45. The Labute approximate surface area is 123 Å². The van der Waals surface area contributed by atoms with Crippen molar-refractivity contribution in [3.63, 3.8) is 0 Å². The van der Waals surface area contributed by atoms with Crippen LogP contribution in [0.3, 0.4) is 0 Å². The van der Waals surface area contributed by atoms with E-state index in [-0.39, 0.29) is 15.7 Å². The van der Waals surface area contributed by atoms with Gasteiger partial charge in [-0.25, -0.2) is 8.42 Å². The first-order valence-electron chi connectivity index (χ1n) is 4.90. The van der Waals surface area contributed by atoms with Crippen LogP contribution in [0.1, 0.15) is 4.88 Å². The van der Waals surface area contributed by atoms with Gasteiger partial charge >= 0.3 is 0 Å². The average molecular weight is 367 g/mol. The number of sulfone groups is 1. The second-order valence-corrected chi connectivity index (χ2v) is 8.57. The van der Waals surface area contributed by atoms with E-state index in [0.717, 1.165) is 8.66 Å². The van der Waals surface area contributed by atoms with Gasteiger partial charge in [-0.2, -0.15) is 0 Å². The fourth-order valence-electron chi connectivity index (χ4n) is 1.46. The lowest BCUT2D eigenvalue weighted by Crippen LogP contribution is -2.05. The minimum absolute atomic E-state index is 0.0626. The molecule has 0 amide bonds. The van der Waals surface area contributed by atoms with Gasteiger partial charge in [0.25, 0.3) is 0 Å². The van der Waals surface area contributed by atoms with Gasteiger partial charge in [0.2, 0.25) is 0 Å². The summed E-state index contributed by atoms with van der Waals surface area (Å²) in [6, 6.07) is 8.01. The number of hydrogen-bond donors (Lipinski definition) is 1. The van der Waals surface area contributed by atoms with Crippen molar-refractivity contribution in [2.75, 3.05) is 5.73 Å². The number of nitrogen functional groups attached to an aromatic ring is 1. The predicted octanol–water partition coefficient (Wildman–Crippen LogP) is 3.72. The Morgan fingerprint density at radius 1 is 1.28 bits per heavy atom. The zero-order chi connectivity index (χ0) is 13.3. The quantitative estimate of drug-likeness (QED) is 0.842. The van der Waals surface area contributed by atoms with Crippen LogP contribution in [0.25, 0.3) is 0 Å². The van der Waals surface area contributed by atoms with Gasteiger partial charge in [0.15, 0.2) is 9.84 Å². The van der Waals surface area contributed by atoms with Gasteiger partial charge in [0.05, 0.1) is 19.5 Å². The number of benzene rings is 1. The topological polar surface area (TPSA) is 60.2 Å². The maximum absolute atomic E-state index is 12.2. The normalized spacial score (nSPS) is 11.7. The monoisotopic (exact) mass is 365 g/mol. The lowest BCUT2D eigenvalue weighted by Gasteiger charge is -2.06. The first kappa shape index (κ1) is 13.9. The van der Waals surface area contributed by atoms with Crippen molar-refractivity contribution >= 4 is 54.4 Å². The van der Waals surface area contributed by atoms with Crippen molar-refractivity contribution in [2.45, 2.75) is 10.6 Å². The van der Waals surface area contributed by atoms with Crippen LogP contribution in [-0.4, -0.2) is 8.42 Å². The maximum Gasteiger partial charge on any atom is 0.184 e. The van der Waals surface area contributed by atoms with Crippen LogP contribution in [0.2, 0.25) is 5.02 Å². The minimum Gasteiger partial charge on any atom is -0.399 e. The molecule has 0 atom stereocenters. The van der Waals surface area contributed by atoms with E-state index in [1.54, 1.807) is 6.07 Å². The van der Waals surface area contributed by atoms with Gasteiger partial charge in [-0.05, 0) is 46.3 Å². The number of rotatable bonds is 3. The largest absolute Gasteiger partial charge is 0.399 e. The Hall–Kier alpha value is -0.560. The van der Waals surface area contributed by atoms with Crippen LogP contribution < -0.4 is 5.73 Å². The molecule has 1 aromatic heterocycles. The van der Waals surface area contributed by atoms with Gasteiger partial charge in [0, 0.05) is 10.6 Å². The Balaban J connectivity index is 2.36. The molecule has 0 bridgehead atoms. The van der Waals surface area contributed by atoms with E-state index in [0.29, 0.717) is 5.69 Å². The Morgan fingerprint density at radius 2 is 2.00 bits per heavy atom. The summed E-state index contributed by atoms with van der Waals surface area (Å²) in [5, 5.41) is 0.158. The zero-order valence-electron chi connectivity index (χ0n) is 9.06. The fraction of sp³-hybridized carbons (Fsp3) is 0.0909. The highest BCUT2D eigenvalue weighted by molar-refractivity contribution is 9.11. The zero-order valence-corrected chi connectivity index (χ0v) is 13.0. The Bertz CT molecular complexity index is 682. The highest BCUT2D eigenvalue weighted by Crippen LogP contribution is 2.29. The molecule has 1 heterocycles. The van der Waals surface area contributed by atoms with E-state index >= 15 is 0 Å². The summed E-state index contributed by atoms with van der Waals surface area (Å²) in [5.41, 5.74) is 5.99. The molecular formula is C11H9BrClNO2S2. The molecule has 0 radical (unpaired) electrons. The molecule has 1 aromatic carbocycles. The lowest BCUT2D eigenvalue weighted by molar-refractivity contribution is 0.596. The molecule has 0 aliphatic heterocycles. The SMILES string of the molecule is Nc1ccc(S(=O)(=O)Cc2ccc(Br)s2)c(Cl)c1. The molecule has 0 saturated heterocycles. The van der Waals surface area contributed by atoms with E-state index in [2.05, 4.69) is 15.9 Å². The Kier molecular flexibility index (Phi) is 4.01. The first-order chi connectivity index (χ1) is 8.38. The van der Waals surface area contributed by atoms with Crippen molar-refractivity contribution in [1.29, 1.82) is 0 Å². The highest BCUT2D eigenvalue weighted by Gasteiger charge is 2.19. The van der Waals surface area contributed by atoms with E-state index < -0.39 is 9.84 Å². The van der Waals surface area contributed by atoms with E-state index in [1.165, 1.54) is 29.5 Å². The summed E-state index contributed by atoms with van der Waals surface area (Å²) >= 11 is 10.6. The molecule has 18 heavy (non-hydrogen) atoms. The molecule has 96 valence electrons.